The Hall–Kier alpha value is -4.32. The van der Waals surface area contributed by atoms with Crippen molar-refractivity contribution in [2.45, 2.75) is 39.8 Å². The molecule has 0 fully saturated rings. The number of aryl methyl sites for hydroxylation is 1. The molecule has 3 aromatic heterocycles. The quantitative estimate of drug-likeness (QED) is 0.414. The maximum Gasteiger partial charge on any atom is 0.316 e. The lowest BCUT2D eigenvalue weighted by atomic mass is 9.99. The highest BCUT2D eigenvalue weighted by molar-refractivity contribution is 5.96. The Labute approximate surface area is 197 Å². The lowest BCUT2D eigenvalue weighted by molar-refractivity contribution is 0.380. The number of hydrogen-bond donors (Lipinski definition) is 1. The average molecular weight is 456 g/mol. The third-order valence-corrected chi connectivity index (χ3v) is 5.56. The molecule has 0 bridgehead atoms. The van der Waals surface area contributed by atoms with Gasteiger partial charge in [0, 0.05) is 35.9 Å². The fourth-order valence-electron chi connectivity index (χ4n) is 3.99. The highest BCUT2D eigenvalue weighted by atomic mass is 16.5. The van der Waals surface area contributed by atoms with Gasteiger partial charge in [0.1, 0.15) is 11.6 Å². The number of aromatic nitrogens is 5. The molecule has 1 atom stereocenters. The summed E-state index contributed by atoms with van der Waals surface area (Å²) >= 11 is 0. The molecule has 0 radical (unpaired) electrons. The molecule has 0 amide bonds. The van der Waals surface area contributed by atoms with Crippen LogP contribution in [0.2, 0.25) is 0 Å². The van der Waals surface area contributed by atoms with E-state index < -0.39 is 0 Å². The molecule has 1 N–H and O–H groups in total. The maximum absolute atomic E-state index is 13.8. The number of benzene rings is 1. The van der Waals surface area contributed by atoms with Crippen LogP contribution in [-0.4, -0.2) is 31.6 Å². The number of fused-ring (bicyclic) bond motifs is 1. The second kappa shape index (κ2) is 9.27. The molecule has 0 saturated carbocycles. The van der Waals surface area contributed by atoms with Gasteiger partial charge in [-0.05, 0) is 44.7 Å². The number of anilines is 1. The second-order valence-corrected chi connectivity index (χ2v) is 8.20. The first-order valence-electron chi connectivity index (χ1n) is 10.9. The molecule has 9 heteroatoms. The molecule has 0 aliphatic rings. The Morgan fingerprint density at radius 3 is 2.50 bits per heavy atom. The molecule has 9 nitrogen and oxygen atoms in total. The van der Waals surface area contributed by atoms with E-state index in [1.54, 1.807) is 23.9 Å². The standard InChI is InChI=1S/C25H25N7O2/c1-14(2)32-21(15(3)30-23-20(26-5)13-27-16(4)31-23)10-17-8-7-9-19(22(17)24(32)33)18-11-28-25(34-6)29-12-18/h7-15H,1-4,6H3,(H,27,30,31)/t15-/m0/s1. The van der Waals surface area contributed by atoms with Gasteiger partial charge >= 0.3 is 6.01 Å². The van der Waals surface area contributed by atoms with Crippen molar-refractivity contribution in [1.29, 1.82) is 0 Å². The molecule has 4 rings (SSSR count). The van der Waals surface area contributed by atoms with Crippen LogP contribution in [0.15, 0.2) is 47.7 Å². The molecule has 4 aromatic rings. The zero-order valence-electron chi connectivity index (χ0n) is 19.7. The smallest absolute Gasteiger partial charge is 0.316 e. The number of ether oxygens (including phenoxy) is 1. The lowest BCUT2D eigenvalue weighted by Crippen LogP contribution is -2.28. The average Bonchev–Trinajstić information content (AvgIpc) is 2.83. The summed E-state index contributed by atoms with van der Waals surface area (Å²) < 4.78 is 6.84. The van der Waals surface area contributed by atoms with Crippen molar-refractivity contribution in [2.75, 3.05) is 12.4 Å². The zero-order valence-corrected chi connectivity index (χ0v) is 19.7. The first-order valence-corrected chi connectivity index (χ1v) is 10.9. The third kappa shape index (κ3) is 4.18. The van der Waals surface area contributed by atoms with Crippen LogP contribution in [0.5, 0.6) is 6.01 Å². The topological polar surface area (TPSA) is 99.2 Å². The summed E-state index contributed by atoms with van der Waals surface area (Å²) in [7, 11) is 1.51. The molecule has 172 valence electrons. The minimum atomic E-state index is -0.290. The van der Waals surface area contributed by atoms with Gasteiger partial charge in [0.15, 0.2) is 0 Å². The minimum absolute atomic E-state index is 0.0937. The summed E-state index contributed by atoms with van der Waals surface area (Å²) in [6, 6.07) is 7.62. The summed E-state index contributed by atoms with van der Waals surface area (Å²) in [6.45, 7) is 15.1. The van der Waals surface area contributed by atoms with E-state index in [9.17, 15) is 4.79 Å². The van der Waals surface area contributed by atoms with Crippen LogP contribution >= 0.6 is 0 Å². The highest BCUT2D eigenvalue weighted by Crippen LogP contribution is 2.31. The van der Waals surface area contributed by atoms with Crippen LogP contribution in [0, 0.1) is 13.5 Å². The van der Waals surface area contributed by atoms with Gasteiger partial charge in [-0.1, -0.05) is 18.2 Å². The fraction of sp³-hybridized carbons (Fsp3) is 0.280. The summed E-state index contributed by atoms with van der Waals surface area (Å²) in [5.41, 5.74) is 2.51. The van der Waals surface area contributed by atoms with Crippen LogP contribution in [-0.2, 0) is 0 Å². The molecular weight excluding hydrogens is 430 g/mol. The van der Waals surface area contributed by atoms with Gasteiger partial charge in [0.05, 0.1) is 25.1 Å². The van der Waals surface area contributed by atoms with Crippen molar-refractivity contribution in [3.63, 3.8) is 0 Å². The van der Waals surface area contributed by atoms with Crippen LogP contribution in [0.3, 0.4) is 0 Å². The molecular formula is C25H25N7O2. The maximum atomic E-state index is 13.8. The molecule has 1 aromatic carbocycles. The minimum Gasteiger partial charge on any atom is -0.467 e. The van der Waals surface area contributed by atoms with E-state index in [4.69, 9.17) is 11.3 Å². The predicted octanol–water partition coefficient (Wildman–Crippen LogP) is 4.87. The van der Waals surface area contributed by atoms with E-state index >= 15 is 0 Å². The van der Waals surface area contributed by atoms with Crippen LogP contribution < -0.4 is 15.6 Å². The van der Waals surface area contributed by atoms with Crippen molar-refractivity contribution in [2.24, 2.45) is 0 Å². The number of hydrogen-bond acceptors (Lipinski definition) is 7. The first-order chi connectivity index (χ1) is 16.3. The predicted molar refractivity (Wildman–Crippen MR) is 131 cm³/mol. The number of nitrogens with zero attached hydrogens (tertiary/aromatic N) is 6. The Bertz CT molecular complexity index is 1450. The number of pyridine rings is 1. The monoisotopic (exact) mass is 455 g/mol. The van der Waals surface area contributed by atoms with E-state index in [2.05, 4.69) is 30.1 Å². The van der Waals surface area contributed by atoms with Crippen molar-refractivity contribution in [1.82, 2.24) is 24.5 Å². The summed E-state index contributed by atoms with van der Waals surface area (Å²) in [6.07, 6.45) is 4.81. The normalized spacial score (nSPS) is 11.9. The van der Waals surface area contributed by atoms with Crippen molar-refractivity contribution in [3.8, 4) is 17.1 Å². The van der Waals surface area contributed by atoms with Gasteiger partial charge < -0.3 is 14.6 Å². The molecule has 0 aliphatic carbocycles. The van der Waals surface area contributed by atoms with Crippen molar-refractivity contribution < 1.29 is 4.74 Å². The number of nitrogens with one attached hydrogen (secondary N) is 1. The van der Waals surface area contributed by atoms with Crippen LogP contribution in [0.4, 0.5) is 11.5 Å². The van der Waals surface area contributed by atoms with E-state index in [1.165, 1.54) is 13.3 Å². The van der Waals surface area contributed by atoms with Crippen LogP contribution in [0.25, 0.3) is 26.7 Å². The fourth-order valence-corrected chi connectivity index (χ4v) is 3.99. The Balaban J connectivity index is 1.87. The van der Waals surface area contributed by atoms with Crippen LogP contribution in [0.1, 0.15) is 44.4 Å². The van der Waals surface area contributed by atoms with Gasteiger partial charge in [-0.15, -0.1) is 0 Å². The number of methoxy groups -OCH3 is 1. The number of rotatable bonds is 6. The van der Waals surface area contributed by atoms with E-state index in [1.807, 2.05) is 45.0 Å². The lowest BCUT2D eigenvalue weighted by Gasteiger charge is -2.24. The van der Waals surface area contributed by atoms with Gasteiger partial charge in [-0.25, -0.2) is 19.8 Å². The largest absolute Gasteiger partial charge is 0.467 e. The van der Waals surface area contributed by atoms with E-state index in [0.717, 1.165) is 22.2 Å². The van der Waals surface area contributed by atoms with Crippen molar-refractivity contribution in [3.05, 3.63) is 76.1 Å². The summed E-state index contributed by atoms with van der Waals surface area (Å²) in [5, 5.41) is 4.71. The van der Waals surface area contributed by atoms with Crippen molar-refractivity contribution >= 4 is 22.3 Å². The Kier molecular flexibility index (Phi) is 6.23. The molecule has 0 saturated heterocycles. The third-order valence-electron chi connectivity index (χ3n) is 5.56. The van der Waals surface area contributed by atoms with Gasteiger partial charge in [-0.2, -0.15) is 0 Å². The molecule has 0 unspecified atom stereocenters. The molecule has 0 spiro atoms. The van der Waals surface area contributed by atoms with Gasteiger partial charge in [0.2, 0.25) is 5.69 Å². The summed E-state index contributed by atoms with van der Waals surface area (Å²) in [5.74, 6) is 1.01. The molecule has 0 aliphatic heterocycles. The molecule has 3 heterocycles. The Morgan fingerprint density at radius 2 is 1.85 bits per heavy atom. The Morgan fingerprint density at radius 1 is 1.12 bits per heavy atom. The first kappa shape index (κ1) is 22.9. The molecule has 34 heavy (non-hydrogen) atoms. The zero-order chi connectivity index (χ0) is 24.4. The van der Waals surface area contributed by atoms with Gasteiger partial charge in [0.25, 0.3) is 5.56 Å². The van der Waals surface area contributed by atoms with E-state index in [0.29, 0.717) is 22.7 Å². The SMILES string of the molecule is [C-]#[N+]c1cnc(C)nc1N[C@@H](C)c1cc2cccc(-c3cnc(OC)nc3)c2c(=O)n1C(C)C. The highest BCUT2D eigenvalue weighted by Gasteiger charge is 2.20. The van der Waals surface area contributed by atoms with Gasteiger partial charge in [-0.3, -0.25) is 9.78 Å². The van der Waals surface area contributed by atoms with E-state index in [-0.39, 0.29) is 23.7 Å². The summed E-state index contributed by atoms with van der Waals surface area (Å²) in [4.78, 5) is 34.2. The second-order valence-electron chi connectivity index (χ2n) is 8.20.